The maximum Gasteiger partial charge on any atom is 0.143 e. The standard InChI is InChI=1S/C14H15NO4S.C4H11N/c1-19-13-9-7-11(8-10-13)14(20(16,17)18)15-12-5-3-2-4-6-12;1-3-5-4-2/h2-10,14-15H,1H3,(H,16,17,18);5H,3-4H2,1-2H3. The van der Waals surface area contributed by atoms with Gasteiger partial charge in [0.15, 0.2) is 0 Å². The lowest BCUT2D eigenvalue weighted by molar-refractivity contribution is -0.648. The minimum absolute atomic E-state index is 0.365. The summed E-state index contributed by atoms with van der Waals surface area (Å²) in [5.41, 5.74) is 0.928. The molecule has 1 unspecified atom stereocenters. The second-order valence-corrected chi connectivity index (χ2v) is 6.72. The van der Waals surface area contributed by atoms with Crippen molar-refractivity contribution < 1.29 is 23.0 Å². The first-order valence-electron chi connectivity index (χ1n) is 8.14. The van der Waals surface area contributed by atoms with Gasteiger partial charge in [-0.1, -0.05) is 30.3 Å². The number of anilines is 1. The Bertz CT molecular complexity index is 702. The second-order valence-electron chi connectivity index (χ2n) is 5.26. The van der Waals surface area contributed by atoms with E-state index >= 15 is 0 Å². The summed E-state index contributed by atoms with van der Waals surface area (Å²) in [7, 11) is -3.02. The molecule has 0 aliphatic rings. The number of rotatable bonds is 7. The summed E-state index contributed by atoms with van der Waals surface area (Å²) >= 11 is 0. The molecule has 6 nitrogen and oxygen atoms in total. The molecule has 0 fully saturated rings. The van der Waals surface area contributed by atoms with Crippen molar-refractivity contribution >= 4 is 15.8 Å². The van der Waals surface area contributed by atoms with Crippen LogP contribution in [0, 0.1) is 0 Å². The van der Waals surface area contributed by atoms with Crippen LogP contribution in [0.5, 0.6) is 5.75 Å². The lowest BCUT2D eigenvalue weighted by Gasteiger charge is -2.23. The number of hydrogen-bond acceptors (Lipinski definition) is 5. The van der Waals surface area contributed by atoms with Crippen LogP contribution in [0.4, 0.5) is 5.69 Å². The number of para-hydroxylation sites is 1. The van der Waals surface area contributed by atoms with Crippen molar-refractivity contribution in [1.29, 1.82) is 0 Å². The molecule has 3 N–H and O–H groups in total. The van der Waals surface area contributed by atoms with Crippen LogP contribution in [0.2, 0.25) is 0 Å². The second kappa shape index (κ2) is 10.7. The molecule has 2 aromatic carbocycles. The quantitative estimate of drug-likeness (QED) is 0.730. The molecule has 0 bridgehead atoms. The van der Waals surface area contributed by atoms with Crippen LogP contribution in [0.15, 0.2) is 54.6 Å². The highest BCUT2D eigenvalue weighted by Gasteiger charge is 2.18. The molecule has 0 amide bonds. The van der Waals surface area contributed by atoms with E-state index in [1.165, 1.54) is 20.2 Å². The van der Waals surface area contributed by atoms with Gasteiger partial charge in [-0.05, 0) is 43.7 Å². The van der Waals surface area contributed by atoms with Gasteiger partial charge in [0.2, 0.25) is 0 Å². The van der Waals surface area contributed by atoms with Crippen LogP contribution < -0.4 is 15.4 Å². The van der Waals surface area contributed by atoms with Gasteiger partial charge in [0.25, 0.3) is 0 Å². The lowest BCUT2D eigenvalue weighted by Crippen LogP contribution is -2.82. The number of methoxy groups -OCH3 is 1. The number of nitrogens with one attached hydrogen (secondary N) is 1. The molecule has 2 aromatic rings. The van der Waals surface area contributed by atoms with Crippen molar-refractivity contribution in [2.45, 2.75) is 19.2 Å². The largest absolute Gasteiger partial charge is 0.746 e. The molecule has 0 aromatic heterocycles. The average molecular weight is 366 g/mol. The van der Waals surface area contributed by atoms with Crippen molar-refractivity contribution in [1.82, 2.24) is 0 Å². The molecule has 2 rings (SSSR count). The molecule has 0 aliphatic heterocycles. The van der Waals surface area contributed by atoms with E-state index in [0.717, 1.165) is 0 Å². The SMILES string of the molecule is CC[NH2+]CC.COc1ccc(C(Nc2ccccc2)S(=O)(=O)[O-])cc1. The Morgan fingerprint density at radius 2 is 1.60 bits per heavy atom. The van der Waals surface area contributed by atoms with Gasteiger partial charge in [-0.15, -0.1) is 0 Å². The van der Waals surface area contributed by atoms with E-state index in [-0.39, 0.29) is 0 Å². The Kier molecular flexibility index (Phi) is 8.98. The molecule has 25 heavy (non-hydrogen) atoms. The molecular formula is C18H26N2O4S. The minimum atomic E-state index is -4.54. The predicted octanol–water partition coefficient (Wildman–Crippen LogP) is 1.94. The molecule has 0 heterocycles. The first-order chi connectivity index (χ1) is 11.9. The van der Waals surface area contributed by atoms with E-state index in [1.54, 1.807) is 54.6 Å². The topological polar surface area (TPSA) is 95.1 Å². The zero-order chi connectivity index (χ0) is 18.7. The minimum Gasteiger partial charge on any atom is -0.746 e. The normalized spacial score (nSPS) is 11.8. The number of benzene rings is 2. The van der Waals surface area contributed by atoms with Crippen molar-refractivity contribution in [3.8, 4) is 5.75 Å². The smallest absolute Gasteiger partial charge is 0.143 e. The highest BCUT2D eigenvalue weighted by atomic mass is 32.2. The summed E-state index contributed by atoms with van der Waals surface area (Å²) in [4.78, 5) is 0. The highest BCUT2D eigenvalue weighted by Crippen LogP contribution is 2.25. The van der Waals surface area contributed by atoms with E-state index in [0.29, 0.717) is 17.0 Å². The zero-order valence-electron chi connectivity index (χ0n) is 14.8. The van der Waals surface area contributed by atoms with Gasteiger partial charge in [0, 0.05) is 5.69 Å². The predicted molar refractivity (Wildman–Crippen MR) is 98.5 cm³/mol. The number of quaternary nitrogens is 1. The van der Waals surface area contributed by atoms with Gasteiger partial charge in [-0.3, -0.25) is 0 Å². The first kappa shape index (κ1) is 21.0. The Morgan fingerprint density at radius 1 is 1.04 bits per heavy atom. The molecule has 1 atom stereocenters. The van der Waals surface area contributed by atoms with Crippen LogP contribution in [0.3, 0.4) is 0 Å². The zero-order valence-corrected chi connectivity index (χ0v) is 15.6. The maximum atomic E-state index is 11.4. The van der Waals surface area contributed by atoms with Gasteiger partial charge >= 0.3 is 0 Å². The van der Waals surface area contributed by atoms with Gasteiger partial charge in [-0.25, -0.2) is 8.42 Å². The molecule has 7 heteroatoms. The highest BCUT2D eigenvalue weighted by molar-refractivity contribution is 7.86. The molecule has 0 aliphatic carbocycles. The average Bonchev–Trinajstić information content (AvgIpc) is 2.61. The van der Waals surface area contributed by atoms with Gasteiger partial charge < -0.3 is 19.9 Å². The summed E-state index contributed by atoms with van der Waals surface area (Å²) in [6.45, 7) is 6.75. The van der Waals surface area contributed by atoms with E-state index < -0.39 is 15.5 Å². The Balaban J connectivity index is 0.000000550. The Morgan fingerprint density at radius 3 is 2.00 bits per heavy atom. The van der Waals surface area contributed by atoms with Crippen LogP contribution in [-0.2, 0) is 10.1 Å². The van der Waals surface area contributed by atoms with E-state index in [9.17, 15) is 13.0 Å². The third-order valence-electron chi connectivity index (χ3n) is 3.36. The van der Waals surface area contributed by atoms with E-state index in [2.05, 4.69) is 24.5 Å². The van der Waals surface area contributed by atoms with Gasteiger partial charge in [-0.2, -0.15) is 0 Å². The number of hydrogen-bond donors (Lipinski definition) is 2. The van der Waals surface area contributed by atoms with Crippen LogP contribution >= 0.6 is 0 Å². The first-order valence-corrected chi connectivity index (χ1v) is 9.61. The van der Waals surface area contributed by atoms with Crippen molar-refractivity contribution in [2.24, 2.45) is 0 Å². The molecule has 138 valence electrons. The fourth-order valence-electron chi connectivity index (χ4n) is 2.08. The molecule has 0 spiro atoms. The van der Waals surface area contributed by atoms with Crippen LogP contribution in [0.1, 0.15) is 24.8 Å². The van der Waals surface area contributed by atoms with Crippen molar-refractivity contribution in [3.05, 3.63) is 60.2 Å². The summed E-state index contributed by atoms with van der Waals surface area (Å²) in [5, 5.41) is 3.64. The molecule has 0 saturated carbocycles. The third-order valence-corrected chi connectivity index (χ3v) is 4.32. The van der Waals surface area contributed by atoms with Crippen LogP contribution in [-0.4, -0.2) is 33.2 Å². The van der Waals surface area contributed by atoms with E-state index in [4.69, 9.17) is 4.74 Å². The van der Waals surface area contributed by atoms with Crippen LogP contribution in [0.25, 0.3) is 0 Å². The molecule has 0 radical (unpaired) electrons. The fourth-order valence-corrected chi connectivity index (χ4v) is 2.85. The Hall–Kier alpha value is -2.09. The maximum absolute atomic E-state index is 11.4. The third kappa shape index (κ3) is 7.55. The number of ether oxygens (including phenoxy) is 1. The fraction of sp³-hybridized carbons (Fsp3) is 0.333. The van der Waals surface area contributed by atoms with E-state index in [1.807, 2.05) is 0 Å². The molecular weight excluding hydrogens is 340 g/mol. The summed E-state index contributed by atoms with van der Waals surface area (Å²) in [6.07, 6.45) is 0. The Labute approximate surface area is 150 Å². The summed E-state index contributed by atoms with van der Waals surface area (Å²) in [6, 6.07) is 15.0. The van der Waals surface area contributed by atoms with Gasteiger partial charge in [0.05, 0.1) is 20.2 Å². The van der Waals surface area contributed by atoms with Crippen molar-refractivity contribution in [3.63, 3.8) is 0 Å². The summed E-state index contributed by atoms with van der Waals surface area (Å²) in [5.74, 6) is 0.593. The molecule has 0 saturated heterocycles. The summed E-state index contributed by atoms with van der Waals surface area (Å²) < 4.78 is 39.3. The van der Waals surface area contributed by atoms with Crippen molar-refractivity contribution in [2.75, 3.05) is 25.5 Å². The van der Waals surface area contributed by atoms with Gasteiger partial charge in [0.1, 0.15) is 21.2 Å². The number of nitrogens with two attached hydrogens (primary N) is 1. The lowest BCUT2D eigenvalue weighted by atomic mass is 10.2. The monoisotopic (exact) mass is 366 g/mol.